The summed E-state index contributed by atoms with van der Waals surface area (Å²) in [6.07, 6.45) is -8.04. The second-order valence-corrected chi connectivity index (χ2v) is 6.03. The predicted octanol–water partition coefficient (Wildman–Crippen LogP) is -2.57. The van der Waals surface area contributed by atoms with Gasteiger partial charge in [-0.05, 0) is 13.8 Å². The molecule has 19 heavy (non-hydrogen) atoms. The van der Waals surface area contributed by atoms with Crippen molar-refractivity contribution in [2.75, 3.05) is 6.61 Å². The number of ether oxygens (including phenoxy) is 2. The fraction of sp³-hybridized carbons (Fsp3) is 1.00. The molecule has 0 bridgehead atoms. The Labute approximate surface area is 110 Å². The summed E-state index contributed by atoms with van der Waals surface area (Å²) in [7, 11) is -5.06. The van der Waals surface area contributed by atoms with Crippen LogP contribution < -0.4 is 0 Å². The van der Waals surface area contributed by atoms with Crippen molar-refractivity contribution in [2.24, 2.45) is 0 Å². The zero-order chi connectivity index (χ0) is 15.0. The van der Waals surface area contributed by atoms with E-state index >= 15 is 0 Å². The molecular weight excluding hydrogens is 284 g/mol. The van der Waals surface area contributed by atoms with Gasteiger partial charge in [-0.3, -0.25) is 4.55 Å². The molecule has 5 N–H and O–H groups in total. The average Bonchev–Trinajstić information content (AvgIpc) is 2.53. The van der Waals surface area contributed by atoms with E-state index in [4.69, 9.17) is 14.6 Å². The third kappa shape index (κ3) is 2.90. The third-order valence-electron chi connectivity index (χ3n) is 2.65. The van der Waals surface area contributed by atoms with Gasteiger partial charge in [-0.15, -0.1) is 0 Å². The zero-order valence-electron chi connectivity index (χ0n) is 10.4. The minimum atomic E-state index is -5.06. The molecule has 1 aliphatic heterocycles. The summed E-state index contributed by atoms with van der Waals surface area (Å²) in [5.74, 6) is 0. The molecule has 0 radical (unpaired) electrons. The molecule has 5 atom stereocenters. The summed E-state index contributed by atoms with van der Waals surface area (Å²) in [5, 5.41) is 34.7. The zero-order valence-corrected chi connectivity index (χ0v) is 11.2. The minimum absolute atomic E-state index is 0.770. The molecule has 0 unspecified atom stereocenters. The first-order valence-corrected chi connectivity index (χ1v) is 6.98. The standard InChI is InChI=1S/C9H18O9S/c1-4(2)17-9(19(14,15)16)8(13)6(12)7(18-9)5(11)3-10/h4-8,10-13H,3H2,1-2H3,(H,14,15,16)/t5-,6+,7+,8-,9+/m1/s1. The largest absolute Gasteiger partial charge is 0.394 e. The van der Waals surface area contributed by atoms with Crippen LogP contribution in [0, 0.1) is 0 Å². The molecule has 0 aromatic carbocycles. The smallest absolute Gasteiger partial charge is 0.330 e. The molecule has 0 amide bonds. The molecule has 9 nitrogen and oxygen atoms in total. The van der Waals surface area contributed by atoms with Crippen LogP contribution in [0.15, 0.2) is 0 Å². The molecule has 1 fully saturated rings. The van der Waals surface area contributed by atoms with E-state index in [1.807, 2.05) is 0 Å². The lowest BCUT2D eigenvalue weighted by atomic mass is 10.1. The second kappa shape index (κ2) is 5.58. The van der Waals surface area contributed by atoms with Crippen molar-refractivity contribution >= 4 is 10.1 Å². The predicted molar refractivity (Wildman–Crippen MR) is 60.5 cm³/mol. The Bertz CT molecular complexity index is 408. The number of hydrogen-bond acceptors (Lipinski definition) is 8. The van der Waals surface area contributed by atoms with Gasteiger partial charge < -0.3 is 29.9 Å². The number of aliphatic hydroxyl groups is 4. The SMILES string of the molecule is CC(C)O[C@]1(S(=O)(=O)O)O[C@@H]([C@H](O)CO)[C@H](O)[C@H]1O. The van der Waals surface area contributed by atoms with E-state index in [-0.39, 0.29) is 0 Å². The second-order valence-electron chi connectivity index (χ2n) is 4.51. The van der Waals surface area contributed by atoms with E-state index in [1.54, 1.807) is 0 Å². The van der Waals surface area contributed by atoms with E-state index in [0.717, 1.165) is 0 Å². The minimum Gasteiger partial charge on any atom is -0.394 e. The van der Waals surface area contributed by atoms with Crippen molar-refractivity contribution in [1.29, 1.82) is 0 Å². The quantitative estimate of drug-likeness (QED) is 0.345. The summed E-state index contributed by atoms with van der Waals surface area (Å²) >= 11 is 0. The van der Waals surface area contributed by atoms with Gasteiger partial charge >= 0.3 is 15.2 Å². The number of hydrogen-bond donors (Lipinski definition) is 5. The Morgan fingerprint density at radius 3 is 2.26 bits per heavy atom. The monoisotopic (exact) mass is 302 g/mol. The maximum Gasteiger partial charge on any atom is 0.330 e. The Morgan fingerprint density at radius 2 is 1.89 bits per heavy atom. The average molecular weight is 302 g/mol. The molecule has 1 rings (SSSR count). The van der Waals surface area contributed by atoms with E-state index in [1.165, 1.54) is 13.8 Å². The van der Waals surface area contributed by atoms with Crippen molar-refractivity contribution in [3.8, 4) is 0 Å². The molecule has 0 aliphatic carbocycles. The van der Waals surface area contributed by atoms with Gasteiger partial charge in [0.05, 0.1) is 12.7 Å². The Hall–Kier alpha value is -0.330. The molecule has 0 saturated carbocycles. The Balaban J connectivity index is 3.20. The van der Waals surface area contributed by atoms with Crippen molar-refractivity contribution in [3.05, 3.63) is 0 Å². The van der Waals surface area contributed by atoms with E-state index in [9.17, 15) is 28.3 Å². The highest BCUT2D eigenvalue weighted by Crippen LogP contribution is 2.38. The number of rotatable bonds is 5. The van der Waals surface area contributed by atoms with E-state index in [0.29, 0.717) is 0 Å². The molecule has 114 valence electrons. The van der Waals surface area contributed by atoms with Crippen LogP contribution in [0.2, 0.25) is 0 Å². The Morgan fingerprint density at radius 1 is 1.37 bits per heavy atom. The van der Waals surface area contributed by atoms with E-state index in [2.05, 4.69) is 0 Å². The first-order chi connectivity index (χ1) is 8.56. The van der Waals surface area contributed by atoms with Crippen molar-refractivity contribution < 1.29 is 42.9 Å². The van der Waals surface area contributed by atoms with Crippen molar-refractivity contribution in [1.82, 2.24) is 0 Å². The Kier molecular flexibility index (Phi) is 4.91. The van der Waals surface area contributed by atoms with Gasteiger partial charge in [0.2, 0.25) is 0 Å². The van der Waals surface area contributed by atoms with Crippen LogP contribution in [0.1, 0.15) is 13.8 Å². The van der Waals surface area contributed by atoms with Crippen LogP contribution in [-0.2, 0) is 19.6 Å². The maximum atomic E-state index is 11.4. The van der Waals surface area contributed by atoms with Gasteiger partial charge in [0.25, 0.3) is 0 Å². The molecule has 0 aromatic rings. The normalized spacial score (nSPS) is 37.8. The van der Waals surface area contributed by atoms with Gasteiger partial charge in [-0.1, -0.05) is 0 Å². The molecule has 10 heteroatoms. The highest BCUT2D eigenvalue weighted by Gasteiger charge is 2.65. The van der Waals surface area contributed by atoms with E-state index < -0.39 is 52.4 Å². The summed E-state index contributed by atoms with van der Waals surface area (Å²) in [6.45, 7) is 2.01. The first-order valence-electron chi connectivity index (χ1n) is 5.54. The molecule has 0 aromatic heterocycles. The van der Waals surface area contributed by atoms with Crippen LogP contribution in [-0.4, -0.2) is 75.6 Å². The lowest BCUT2D eigenvalue weighted by Gasteiger charge is -2.30. The van der Waals surface area contributed by atoms with Crippen LogP contribution >= 0.6 is 0 Å². The highest BCUT2D eigenvalue weighted by atomic mass is 32.2. The summed E-state index contributed by atoms with van der Waals surface area (Å²) in [5.41, 5.74) is 0. The van der Waals surface area contributed by atoms with Crippen LogP contribution in [0.4, 0.5) is 0 Å². The number of aliphatic hydroxyl groups excluding tert-OH is 4. The summed E-state index contributed by atoms with van der Waals surface area (Å²) in [4.78, 5) is 0. The summed E-state index contributed by atoms with van der Waals surface area (Å²) < 4.78 is 41.7. The molecule has 1 saturated heterocycles. The van der Waals surface area contributed by atoms with Crippen LogP contribution in [0.3, 0.4) is 0 Å². The van der Waals surface area contributed by atoms with Gasteiger partial charge in [0.15, 0.2) is 6.10 Å². The highest BCUT2D eigenvalue weighted by molar-refractivity contribution is 7.87. The third-order valence-corrected chi connectivity index (χ3v) is 3.80. The van der Waals surface area contributed by atoms with Crippen LogP contribution in [0.25, 0.3) is 0 Å². The molecule has 1 aliphatic rings. The molecule has 0 spiro atoms. The fourth-order valence-corrected chi connectivity index (χ4v) is 2.82. The molecule has 1 heterocycles. The van der Waals surface area contributed by atoms with Crippen molar-refractivity contribution in [2.45, 2.75) is 49.5 Å². The lowest BCUT2D eigenvalue weighted by molar-refractivity contribution is -0.229. The maximum absolute atomic E-state index is 11.4. The van der Waals surface area contributed by atoms with Gasteiger partial charge in [0, 0.05) is 0 Å². The van der Waals surface area contributed by atoms with Crippen molar-refractivity contribution in [3.63, 3.8) is 0 Å². The summed E-state index contributed by atoms with van der Waals surface area (Å²) in [6, 6.07) is 0. The fourth-order valence-electron chi connectivity index (χ4n) is 1.83. The van der Waals surface area contributed by atoms with Gasteiger partial charge in [-0.25, -0.2) is 0 Å². The lowest BCUT2D eigenvalue weighted by Crippen LogP contribution is -2.52. The van der Waals surface area contributed by atoms with Gasteiger partial charge in [0.1, 0.15) is 18.3 Å². The topological polar surface area (TPSA) is 154 Å². The first kappa shape index (κ1) is 16.7. The van der Waals surface area contributed by atoms with Gasteiger partial charge in [-0.2, -0.15) is 8.42 Å². The van der Waals surface area contributed by atoms with Crippen LogP contribution in [0.5, 0.6) is 0 Å². The molecular formula is C9H18O9S.